The summed E-state index contributed by atoms with van der Waals surface area (Å²) in [5, 5.41) is 3.96. The van der Waals surface area contributed by atoms with Crippen molar-refractivity contribution in [3.8, 4) is 11.4 Å². The van der Waals surface area contributed by atoms with Gasteiger partial charge in [-0.15, -0.1) is 11.8 Å². The molecule has 2 fully saturated rings. The first kappa shape index (κ1) is 34.1. The van der Waals surface area contributed by atoms with E-state index in [1.807, 2.05) is 53.7 Å². The van der Waals surface area contributed by atoms with Gasteiger partial charge in [-0.25, -0.2) is 4.98 Å². The lowest BCUT2D eigenvalue weighted by molar-refractivity contribution is -0.183. The fraction of sp³-hybridized carbons (Fsp3) is 0.697. The van der Waals surface area contributed by atoms with Gasteiger partial charge in [0.1, 0.15) is 23.5 Å². The minimum absolute atomic E-state index is 0.0610. The van der Waals surface area contributed by atoms with Crippen molar-refractivity contribution in [1.82, 2.24) is 19.7 Å². The Balaban J connectivity index is 1.61. The van der Waals surface area contributed by atoms with Gasteiger partial charge in [0.25, 0.3) is 0 Å². The highest BCUT2D eigenvalue weighted by atomic mass is 32.2. The molecule has 4 heterocycles. The number of aryl methyl sites for hydroxylation is 1. The Hall–Kier alpha value is -2.79. The standard InChI is InChI=1S/C33H48N4O6S/c1-9-25-33(7)26(23(5)27(38)22(4)18-32(6,41-8)17-20(2)16-21(3)30(39)42-25)28(31(40)43-33)44-15-14-37-19-35-29(36-37)24-10-12-34-13-11-24/h10-13,19-23,25-26,28H,9,14-18H2,1-8H3. The van der Waals surface area contributed by atoms with E-state index in [9.17, 15) is 14.4 Å². The number of carbonyl (C=O) groups excluding carboxylic acids is 3. The van der Waals surface area contributed by atoms with E-state index in [1.54, 1.807) is 30.5 Å². The molecule has 4 rings (SSSR count). The molecule has 242 valence electrons. The third-order valence-corrected chi connectivity index (χ3v) is 10.8. The topological polar surface area (TPSA) is 123 Å². The molecule has 9 unspecified atom stereocenters. The molecular weight excluding hydrogens is 580 g/mol. The smallest absolute Gasteiger partial charge is 0.320 e. The van der Waals surface area contributed by atoms with Gasteiger partial charge in [-0.2, -0.15) is 5.10 Å². The zero-order valence-corrected chi connectivity index (χ0v) is 28.1. The van der Waals surface area contributed by atoms with Crippen molar-refractivity contribution in [2.45, 2.75) is 103 Å². The zero-order valence-electron chi connectivity index (χ0n) is 27.3. The number of cyclic esters (lactones) is 1. The highest BCUT2D eigenvalue weighted by molar-refractivity contribution is 8.00. The number of Topliss-reactive ketones (excluding diaryl/α,β-unsaturated/α-hetero) is 1. The van der Waals surface area contributed by atoms with E-state index in [4.69, 9.17) is 14.2 Å². The summed E-state index contributed by atoms with van der Waals surface area (Å²) < 4.78 is 20.0. The number of ketones is 1. The first-order valence-electron chi connectivity index (χ1n) is 15.8. The molecule has 0 N–H and O–H groups in total. The van der Waals surface area contributed by atoms with Crippen LogP contribution in [0, 0.1) is 29.6 Å². The summed E-state index contributed by atoms with van der Waals surface area (Å²) in [5.74, 6) is -0.934. The summed E-state index contributed by atoms with van der Waals surface area (Å²) in [4.78, 5) is 49.5. The summed E-state index contributed by atoms with van der Waals surface area (Å²) in [6.45, 7) is 14.2. The van der Waals surface area contributed by atoms with E-state index in [-0.39, 0.29) is 35.5 Å². The lowest BCUT2D eigenvalue weighted by atomic mass is 9.70. The number of rotatable bonds is 7. The molecular formula is C33H48N4O6S. The van der Waals surface area contributed by atoms with E-state index < -0.39 is 34.4 Å². The molecule has 2 aromatic rings. The number of pyridine rings is 1. The highest BCUT2D eigenvalue weighted by Gasteiger charge is 2.61. The van der Waals surface area contributed by atoms with Crippen LogP contribution >= 0.6 is 11.8 Å². The zero-order chi connectivity index (χ0) is 32.2. The van der Waals surface area contributed by atoms with Crippen LogP contribution in [0.2, 0.25) is 0 Å². The van der Waals surface area contributed by atoms with Crippen molar-refractivity contribution in [1.29, 1.82) is 0 Å². The van der Waals surface area contributed by atoms with Gasteiger partial charge >= 0.3 is 11.9 Å². The third kappa shape index (κ3) is 7.36. The van der Waals surface area contributed by atoms with Gasteiger partial charge in [0.2, 0.25) is 0 Å². The van der Waals surface area contributed by atoms with Crippen molar-refractivity contribution in [2.75, 3.05) is 12.9 Å². The number of hydrogen-bond acceptors (Lipinski definition) is 10. The Morgan fingerprint density at radius 1 is 1.05 bits per heavy atom. The Morgan fingerprint density at radius 3 is 2.41 bits per heavy atom. The molecule has 0 amide bonds. The number of ether oxygens (including phenoxy) is 3. The molecule has 2 saturated heterocycles. The van der Waals surface area contributed by atoms with Crippen LogP contribution in [0.1, 0.15) is 74.1 Å². The molecule has 0 aromatic carbocycles. The van der Waals surface area contributed by atoms with Gasteiger partial charge in [0.05, 0.1) is 18.1 Å². The third-order valence-electron chi connectivity index (χ3n) is 9.54. The quantitative estimate of drug-likeness (QED) is 0.369. The molecule has 2 aromatic heterocycles. The molecule has 10 nitrogen and oxygen atoms in total. The maximum atomic E-state index is 14.1. The lowest BCUT2D eigenvalue weighted by Gasteiger charge is -2.41. The summed E-state index contributed by atoms with van der Waals surface area (Å²) in [7, 11) is 1.68. The Bertz CT molecular complexity index is 1310. The number of thioether (sulfide) groups is 1. The van der Waals surface area contributed by atoms with Crippen LogP contribution in [0.15, 0.2) is 30.9 Å². The van der Waals surface area contributed by atoms with Gasteiger partial charge in [-0.05, 0) is 57.6 Å². The molecule has 0 spiro atoms. The molecule has 0 saturated carbocycles. The summed E-state index contributed by atoms with van der Waals surface area (Å²) in [5.41, 5.74) is -0.813. The predicted molar refractivity (Wildman–Crippen MR) is 169 cm³/mol. The first-order valence-corrected chi connectivity index (χ1v) is 16.8. The van der Waals surface area contributed by atoms with Crippen molar-refractivity contribution in [2.24, 2.45) is 29.6 Å². The van der Waals surface area contributed by atoms with Gasteiger partial charge in [0.15, 0.2) is 11.4 Å². The minimum atomic E-state index is -1.16. The van der Waals surface area contributed by atoms with Crippen LogP contribution in [0.5, 0.6) is 0 Å². The Kier molecular flexibility index (Phi) is 10.9. The number of aromatic nitrogens is 4. The maximum Gasteiger partial charge on any atom is 0.320 e. The van der Waals surface area contributed by atoms with Gasteiger partial charge in [-0.3, -0.25) is 24.0 Å². The maximum absolute atomic E-state index is 14.1. The average molecular weight is 629 g/mol. The van der Waals surface area contributed by atoms with Crippen LogP contribution in [0.3, 0.4) is 0 Å². The van der Waals surface area contributed by atoms with Crippen LogP contribution in [-0.2, 0) is 35.1 Å². The Labute approximate surface area is 265 Å². The van der Waals surface area contributed by atoms with E-state index in [2.05, 4.69) is 22.0 Å². The van der Waals surface area contributed by atoms with Gasteiger partial charge in [-0.1, -0.05) is 34.6 Å². The molecule has 9 atom stereocenters. The normalized spacial score (nSPS) is 35.5. The molecule has 2 aliphatic rings. The minimum Gasteiger partial charge on any atom is -0.458 e. The summed E-state index contributed by atoms with van der Waals surface area (Å²) in [6, 6.07) is 3.70. The summed E-state index contributed by atoms with van der Waals surface area (Å²) in [6.07, 6.45) is 6.75. The largest absolute Gasteiger partial charge is 0.458 e. The highest BCUT2D eigenvalue weighted by Crippen LogP contribution is 2.48. The summed E-state index contributed by atoms with van der Waals surface area (Å²) >= 11 is 1.46. The fourth-order valence-electron chi connectivity index (χ4n) is 7.32. The van der Waals surface area contributed by atoms with E-state index in [1.165, 1.54) is 11.8 Å². The predicted octanol–water partition coefficient (Wildman–Crippen LogP) is 5.40. The molecule has 2 aliphatic heterocycles. The second-order valence-corrected chi connectivity index (χ2v) is 14.5. The number of fused-ring (bicyclic) bond motifs is 1. The van der Waals surface area contributed by atoms with Crippen LogP contribution in [0.25, 0.3) is 11.4 Å². The molecule has 0 radical (unpaired) electrons. The monoisotopic (exact) mass is 628 g/mol. The fourth-order valence-corrected chi connectivity index (χ4v) is 8.76. The van der Waals surface area contributed by atoms with Gasteiger partial charge < -0.3 is 14.2 Å². The lowest BCUT2D eigenvalue weighted by Crippen LogP contribution is -2.52. The molecule has 11 heteroatoms. The number of esters is 2. The van der Waals surface area contributed by atoms with Crippen molar-refractivity contribution in [3.05, 3.63) is 30.9 Å². The first-order chi connectivity index (χ1) is 20.8. The van der Waals surface area contributed by atoms with Crippen LogP contribution in [-0.4, -0.2) is 72.9 Å². The van der Waals surface area contributed by atoms with Gasteiger partial charge in [0, 0.05) is 48.6 Å². The van der Waals surface area contributed by atoms with E-state index in [0.717, 1.165) is 12.0 Å². The van der Waals surface area contributed by atoms with Crippen molar-refractivity contribution in [3.63, 3.8) is 0 Å². The second kappa shape index (κ2) is 14.1. The van der Waals surface area contributed by atoms with E-state index in [0.29, 0.717) is 37.4 Å². The number of hydrogen-bond donors (Lipinski definition) is 0. The number of carbonyl (C=O) groups is 3. The number of nitrogens with zero attached hydrogens (tertiary/aromatic N) is 4. The SMILES string of the molecule is CCC1OC(=O)C(C)CC(C)CC(C)(OC)CC(C)C(=O)C(C)C2C(SCCn3cnc(-c4ccncc4)n3)C(=O)OC12C. The van der Waals surface area contributed by atoms with Crippen molar-refractivity contribution >= 4 is 29.5 Å². The van der Waals surface area contributed by atoms with Crippen LogP contribution < -0.4 is 0 Å². The van der Waals surface area contributed by atoms with E-state index >= 15 is 0 Å². The second-order valence-electron chi connectivity index (χ2n) is 13.2. The van der Waals surface area contributed by atoms with Crippen LogP contribution in [0.4, 0.5) is 0 Å². The Morgan fingerprint density at radius 2 is 1.75 bits per heavy atom. The molecule has 0 aliphatic carbocycles. The van der Waals surface area contributed by atoms with Crippen molar-refractivity contribution < 1.29 is 28.6 Å². The molecule has 44 heavy (non-hydrogen) atoms. The number of methoxy groups -OCH3 is 1. The molecule has 0 bridgehead atoms. The average Bonchev–Trinajstić information content (AvgIpc) is 3.56.